The number of phenolic OH excluding ortho intramolecular Hbond substituents is 1. The van der Waals surface area contributed by atoms with Crippen LogP contribution in [0, 0.1) is 13.8 Å². The number of aliphatic carboxylic acids is 2. The number of phenols is 1. The minimum absolute atomic E-state index is 0.0307. The number of benzene rings is 3. The molecule has 0 saturated carbocycles. The van der Waals surface area contributed by atoms with E-state index in [1.165, 1.54) is 11.0 Å². The minimum atomic E-state index is -5.19. The second kappa shape index (κ2) is 16.9. The van der Waals surface area contributed by atoms with Gasteiger partial charge >= 0.3 is 18.3 Å². The molecule has 2 aliphatic heterocycles. The van der Waals surface area contributed by atoms with Crippen LogP contribution in [0.15, 0.2) is 46.1 Å². The van der Waals surface area contributed by atoms with Crippen molar-refractivity contribution in [2.24, 2.45) is 0 Å². The van der Waals surface area contributed by atoms with Crippen molar-refractivity contribution in [2.75, 3.05) is 26.2 Å². The van der Waals surface area contributed by atoms with Gasteiger partial charge in [-0.05, 0) is 61.2 Å². The first-order valence-electron chi connectivity index (χ1n) is 15.3. The third kappa shape index (κ3) is 9.98. The van der Waals surface area contributed by atoms with Crippen molar-refractivity contribution in [3.63, 3.8) is 0 Å². The molecule has 1 aliphatic carbocycles. The Labute approximate surface area is 306 Å². The number of rotatable bonds is 6. The number of allylic oxidation sites excluding steroid dienone is 1. The molecule has 0 amide bonds. The third-order valence-electron chi connectivity index (χ3n) is 8.00. The highest BCUT2D eigenvalue weighted by Gasteiger charge is 2.31. The minimum Gasteiger partial charge on any atom is -0.542 e. The summed E-state index contributed by atoms with van der Waals surface area (Å²) in [4.78, 5) is 44.6. The van der Waals surface area contributed by atoms with Gasteiger partial charge in [0.05, 0.1) is 21.2 Å². The Bertz CT molecular complexity index is 2070. The normalized spacial score (nSPS) is 13.5. The molecule has 53 heavy (non-hydrogen) atoms. The largest absolute Gasteiger partial charge is 0.542 e. The Hall–Kier alpha value is -4.84. The lowest BCUT2D eigenvalue weighted by atomic mass is 9.86. The van der Waals surface area contributed by atoms with Crippen molar-refractivity contribution in [1.29, 1.82) is 0 Å². The van der Waals surface area contributed by atoms with Crippen LogP contribution in [0.3, 0.4) is 0 Å². The monoisotopic (exact) mass is 794 g/mol. The second-order valence-electron chi connectivity index (χ2n) is 11.7. The summed E-state index contributed by atoms with van der Waals surface area (Å²) in [5, 5.41) is 42.2. The van der Waals surface area contributed by atoms with Crippen LogP contribution in [0.4, 0.5) is 26.3 Å². The van der Waals surface area contributed by atoms with Crippen LogP contribution >= 0.6 is 23.2 Å². The first-order chi connectivity index (χ1) is 24.5. The number of fused-ring (bicyclic) bond motifs is 2. The zero-order chi connectivity index (χ0) is 40.2. The fourth-order valence-corrected chi connectivity index (χ4v) is 5.91. The summed E-state index contributed by atoms with van der Waals surface area (Å²) >= 11 is 12.7. The lowest BCUT2D eigenvalue weighted by Crippen LogP contribution is -3.19. The molecular formula is C34H30Cl2F6N2O9. The van der Waals surface area contributed by atoms with E-state index >= 15 is 0 Å². The van der Waals surface area contributed by atoms with Crippen LogP contribution in [-0.4, -0.2) is 66.7 Å². The van der Waals surface area contributed by atoms with Gasteiger partial charge in [0, 0.05) is 22.1 Å². The number of carbonyl (C=O) groups excluding carboxylic acids is 2. The van der Waals surface area contributed by atoms with E-state index < -0.39 is 30.3 Å². The Balaban J connectivity index is 0.000000458. The molecule has 286 valence electrons. The van der Waals surface area contributed by atoms with E-state index in [1.54, 1.807) is 31.2 Å². The predicted octanol–water partition coefficient (Wildman–Crippen LogP) is 2.18. The van der Waals surface area contributed by atoms with Crippen molar-refractivity contribution in [3.05, 3.63) is 85.0 Å². The van der Waals surface area contributed by atoms with E-state index in [0.717, 1.165) is 26.2 Å². The van der Waals surface area contributed by atoms with Gasteiger partial charge in [-0.1, -0.05) is 29.3 Å². The quantitative estimate of drug-likeness (QED) is 0.129. The molecule has 2 aromatic rings. The number of hydrogen-bond donors (Lipinski definition) is 4. The molecule has 1 fully saturated rings. The van der Waals surface area contributed by atoms with Gasteiger partial charge in [-0.3, -0.25) is 4.79 Å². The van der Waals surface area contributed by atoms with Gasteiger partial charge in [0.1, 0.15) is 61.8 Å². The smallest absolute Gasteiger partial charge is 0.430 e. The molecule has 0 unspecified atom stereocenters. The number of piperazine rings is 1. The Morgan fingerprint density at radius 1 is 0.925 bits per heavy atom. The number of aryl methyl sites for hydroxylation is 2. The summed E-state index contributed by atoms with van der Waals surface area (Å²) < 4.78 is 69.7. The highest BCUT2D eigenvalue weighted by atomic mass is 35.5. The molecule has 2 heterocycles. The molecule has 0 atom stereocenters. The average Bonchev–Trinajstić information content (AvgIpc) is 3.06. The van der Waals surface area contributed by atoms with Gasteiger partial charge in [-0.2, -0.15) is 26.3 Å². The van der Waals surface area contributed by atoms with Crippen molar-refractivity contribution >= 4 is 52.1 Å². The zero-order valence-electron chi connectivity index (χ0n) is 27.7. The number of carboxylic acid groups (broad SMARTS) is 3. The molecule has 3 aliphatic rings. The number of carbonyl (C=O) groups is 3. The van der Waals surface area contributed by atoms with Gasteiger partial charge in [-0.15, -0.1) is 6.58 Å². The summed E-state index contributed by atoms with van der Waals surface area (Å²) in [5.41, 5.74) is 3.88. The van der Waals surface area contributed by atoms with Crippen LogP contribution in [0.25, 0.3) is 33.4 Å². The molecule has 1 saturated heterocycles. The van der Waals surface area contributed by atoms with Crippen molar-refractivity contribution in [3.8, 4) is 28.2 Å². The molecular weight excluding hydrogens is 765 g/mol. The van der Waals surface area contributed by atoms with Gasteiger partial charge in [0.2, 0.25) is 0 Å². The highest BCUT2D eigenvalue weighted by molar-refractivity contribution is 6.42. The number of nitrogens with one attached hydrogen (secondary N) is 1. The summed E-state index contributed by atoms with van der Waals surface area (Å²) in [6.45, 7) is 11.7. The molecule has 11 nitrogen and oxygen atoms in total. The molecule has 0 aromatic heterocycles. The molecule has 0 radical (unpaired) electrons. The first-order valence-corrected chi connectivity index (χ1v) is 16.1. The predicted molar refractivity (Wildman–Crippen MR) is 175 cm³/mol. The SMILES string of the molecule is C=CCc1c2oc3c(C[NH+]4CC[NH2+]CC4)c(O)c(C)cc3c(-c3cc(Cl)c(Cl)cc3C(=O)O)c-2cc(C)c1=O.O=C([O-])C(F)(F)F.O=C([O-])C(F)(F)F. The average molecular weight is 796 g/mol. The van der Waals surface area contributed by atoms with E-state index in [0.29, 0.717) is 62.2 Å². The lowest BCUT2D eigenvalue weighted by molar-refractivity contribution is -0.957. The number of quaternary nitrogens is 2. The van der Waals surface area contributed by atoms with Crippen molar-refractivity contribution < 1.29 is 75.8 Å². The van der Waals surface area contributed by atoms with Gasteiger partial charge in [0.15, 0.2) is 5.43 Å². The van der Waals surface area contributed by atoms with Crippen molar-refractivity contribution in [2.45, 2.75) is 39.2 Å². The van der Waals surface area contributed by atoms with Crippen molar-refractivity contribution in [1.82, 2.24) is 0 Å². The van der Waals surface area contributed by atoms with Crippen LogP contribution in [0.5, 0.6) is 5.75 Å². The lowest BCUT2D eigenvalue weighted by Gasteiger charge is -2.25. The number of halogens is 8. The van der Waals surface area contributed by atoms with Gasteiger partial charge in [-0.25, -0.2) is 4.79 Å². The molecule has 0 bridgehead atoms. The van der Waals surface area contributed by atoms with Crippen LogP contribution < -0.4 is 25.9 Å². The van der Waals surface area contributed by atoms with E-state index in [2.05, 4.69) is 11.9 Å². The van der Waals surface area contributed by atoms with Gasteiger partial charge < -0.3 is 44.6 Å². The summed E-state index contributed by atoms with van der Waals surface area (Å²) in [6, 6.07) is 6.41. The van der Waals surface area contributed by atoms with E-state index in [4.69, 9.17) is 47.4 Å². The Morgan fingerprint density at radius 3 is 1.94 bits per heavy atom. The fourth-order valence-electron chi connectivity index (χ4n) is 5.58. The van der Waals surface area contributed by atoms with E-state index in [9.17, 15) is 46.1 Å². The highest BCUT2D eigenvalue weighted by Crippen LogP contribution is 2.47. The molecule has 19 heteroatoms. The number of hydrogen-bond acceptors (Lipinski definition) is 8. The molecule has 0 spiro atoms. The molecule has 5 N–H and O–H groups in total. The summed E-state index contributed by atoms with van der Waals surface area (Å²) in [6.07, 6.45) is -8.49. The summed E-state index contributed by atoms with van der Waals surface area (Å²) in [7, 11) is 0. The number of aromatic carboxylic acids is 1. The van der Waals surface area contributed by atoms with E-state index in [1.807, 2.05) is 6.92 Å². The summed E-state index contributed by atoms with van der Waals surface area (Å²) in [5.74, 6) is -6.72. The first kappa shape index (κ1) is 42.6. The maximum absolute atomic E-state index is 13.3. The number of nitrogens with two attached hydrogens (primary N) is 1. The van der Waals surface area contributed by atoms with E-state index in [-0.39, 0.29) is 33.2 Å². The molecule has 2 aromatic carbocycles. The molecule has 5 rings (SSSR count). The third-order valence-corrected chi connectivity index (χ3v) is 8.72. The standard InChI is InChI=1S/C30H28Cl2N2O5.2C2HF3O2/c1-4-5-17-26(35)15(2)10-20-25(18-12-23(31)24(32)13-19(18)30(37)38)21-11-16(3)27(36)22(29(21)39-28(17)20)14-34-8-6-33-7-9-34;2*3-2(4,5)1(6)7/h4,10-13,33,36H,1,5-9,14H2,2-3H3,(H,37,38);2*(H,6,7). The van der Waals surface area contributed by atoms with Gasteiger partial charge in [0.25, 0.3) is 0 Å². The second-order valence-corrected chi connectivity index (χ2v) is 12.5. The topological polar surface area (TPSA) is 189 Å². The van der Waals surface area contributed by atoms with Crippen LogP contribution in [0.1, 0.15) is 32.6 Å². The number of carboxylic acids is 3. The Morgan fingerprint density at radius 2 is 1.45 bits per heavy atom. The Kier molecular flexibility index (Phi) is 13.6. The maximum atomic E-state index is 13.3. The number of aromatic hydroxyl groups is 1. The fraction of sp³-hybridized carbons (Fsp3) is 0.294. The van der Waals surface area contributed by atoms with Crippen LogP contribution in [0.2, 0.25) is 10.0 Å². The van der Waals surface area contributed by atoms with Crippen LogP contribution in [-0.2, 0) is 22.6 Å². The number of alkyl halides is 6. The maximum Gasteiger partial charge on any atom is 0.430 e. The zero-order valence-corrected chi connectivity index (χ0v) is 29.2.